The number of non-ortho nitro benzene ring substituents is 1. The van der Waals surface area contributed by atoms with Crippen LogP contribution < -0.4 is 10.5 Å². The third-order valence-electron chi connectivity index (χ3n) is 2.28. The van der Waals surface area contributed by atoms with Gasteiger partial charge in [-0.2, -0.15) is 0 Å². The van der Waals surface area contributed by atoms with E-state index in [-0.39, 0.29) is 11.6 Å². The summed E-state index contributed by atoms with van der Waals surface area (Å²) in [5, 5.41) is 10.5. The predicted octanol–water partition coefficient (Wildman–Crippen LogP) is 2.67. The van der Waals surface area contributed by atoms with Crippen molar-refractivity contribution in [1.82, 2.24) is 4.98 Å². The molecule has 18 heavy (non-hydrogen) atoms. The molecule has 0 radical (unpaired) electrons. The van der Waals surface area contributed by atoms with Crippen molar-refractivity contribution in [2.45, 2.75) is 6.92 Å². The highest BCUT2D eigenvalue weighted by Gasteiger charge is 2.07. The molecule has 6 nitrogen and oxygen atoms in total. The first kappa shape index (κ1) is 11.8. The first-order chi connectivity index (χ1) is 8.56. The molecule has 0 aliphatic rings. The Morgan fingerprint density at radius 1 is 1.33 bits per heavy atom. The van der Waals surface area contributed by atoms with Crippen molar-refractivity contribution in [2.24, 2.45) is 0 Å². The highest BCUT2D eigenvalue weighted by atomic mass is 16.6. The van der Waals surface area contributed by atoms with Crippen LogP contribution in [0.15, 0.2) is 36.5 Å². The summed E-state index contributed by atoms with van der Waals surface area (Å²) in [6, 6.07) is 7.46. The minimum atomic E-state index is -0.470. The summed E-state index contributed by atoms with van der Waals surface area (Å²) in [6.07, 6.45) is 1.64. The van der Waals surface area contributed by atoms with Gasteiger partial charge in [-0.3, -0.25) is 10.1 Å². The number of hydrogen-bond acceptors (Lipinski definition) is 5. The molecule has 0 bridgehead atoms. The molecule has 2 N–H and O–H groups in total. The molecular weight excluding hydrogens is 234 g/mol. The third-order valence-corrected chi connectivity index (χ3v) is 2.28. The average Bonchev–Trinajstić information content (AvgIpc) is 2.33. The molecule has 1 aromatic carbocycles. The largest absolute Gasteiger partial charge is 0.437 e. The zero-order chi connectivity index (χ0) is 13.1. The number of hydrogen-bond donors (Lipinski definition) is 1. The lowest BCUT2D eigenvalue weighted by Gasteiger charge is -2.07. The van der Waals surface area contributed by atoms with Crippen molar-refractivity contribution in [3.63, 3.8) is 0 Å². The number of aromatic nitrogens is 1. The number of rotatable bonds is 3. The van der Waals surface area contributed by atoms with Crippen molar-refractivity contribution in [2.75, 3.05) is 5.73 Å². The van der Waals surface area contributed by atoms with E-state index in [1.165, 1.54) is 24.3 Å². The second-order valence-electron chi connectivity index (χ2n) is 3.76. The van der Waals surface area contributed by atoms with E-state index < -0.39 is 4.92 Å². The fourth-order valence-corrected chi connectivity index (χ4v) is 1.41. The van der Waals surface area contributed by atoms with E-state index in [9.17, 15) is 10.1 Å². The molecule has 0 aliphatic heterocycles. The number of pyridine rings is 1. The van der Waals surface area contributed by atoms with Crippen LogP contribution in [0, 0.1) is 17.0 Å². The molecule has 0 aliphatic carbocycles. The van der Waals surface area contributed by atoms with Crippen molar-refractivity contribution in [3.8, 4) is 11.6 Å². The first-order valence-corrected chi connectivity index (χ1v) is 5.20. The highest BCUT2D eigenvalue weighted by molar-refractivity contribution is 5.51. The van der Waals surface area contributed by atoms with E-state index in [1.54, 1.807) is 12.3 Å². The number of nitrogen functional groups attached to an aromatic ring is 1. The number of ether oxygens (including phenoxy) is 1. The van der Waals surface area contributed by atoms with Gasteiger partial charge in [0.05, 0.1) is 10.6 Å². The number of nitro groups is 1. The normalized spacial score (nSPS) is 10.1. The molecule has 0 fully saturated rings. The zero-order valence-corrected chi connectivity index (χ0v) is 9.66. The van der Waals surface area contributed by atoms with Crippen LogP contribution in [-0.4, -0.2) is 9.91 Å². The summed E-state index contributed by atoms with van der Waals surface area (Å²) in [4.78, 5) is 14.1. The molecule has 2 rings (SSSR count). The topological polar surface area (TPSA) is 91.3 Å². The Kier molecular flexibility index (Phi) is 3.09. The van der Waals surface area contributed by atoms with Crippen molar-refractivity contribution in [3.05, 3.63) is 52.2 Å². The number of nitrogens with zero attached hydrogens (tertiary/aromatic N) is 2. The van der Waals surface area contributed by atoms with Crippen LogP contribution >= 0.6 is 0 Å². The molecule has 0 atom stereocenters. The van der Waals surface area contributed by atoms with Gasteiger partial charge in [-0.15, -0.1) is 0 Å². The van der Waals surface area contributed by atoms with Gasteiger partial charge in [-0.25, -0.2) is 4.98 Å². The monoisotopic (exact) mass is 245 g/mol. The summed E-state index contributed by atoms with van der Waals surface area (Å²) in [5.41, 5.74) is 7.12. The fraction of sp³-hybridized carbons (Fsp3) is 0.0833. The van der Waals surface area contributed by atoms with Crippen molar-refractivity contribution >= 4 is 11.4 Å². The molecule has 0 amide bonds. The summed E-state index contributed by atoms with van der Waals surface area (Å²) in [5.74, 6) is 0.734. The van der Waals surface area contributed by atoms with Gasteiger partial charge in [0.15, 0.2) is 0 Å². The van der Waals surface area contributed by atoms with Crippen molar-refractivity contribution in [1.29, 1.82) is 0 Å². The Bertz CT molecular complexity index is 582. The van der Waals surface area contributed by atoms with Crippen molar-refractivity contribution < 1.29 is 9.66 Å². The van der Waals surface area contributed by atoms with Gasteiger partial charge >= 0.3 is 0 Å². The number of anilines is 1. The average molecular weight is 245 g/mol. The number of benzene rings is 1. The van der Waals surface area contributed by atoms with E-state index in [4.69, 9.17) is 10.5 Å². The minimum Gasteiger partial charge on any atom is -0.437 e. The summed E-state index contributed by atoms with van der Waals surface area (Å²) < 4.78 is 5.44. The molecule has 0 saturated heterocycles. The van der Waals surface area contributed by atoms with E-state index in [1.807, 2.05) is 6.92 Å². The quantitative estimate of drug-likeness (QED) is 0.663. The number of nitrogens with two attached hydrogens (primary N) is 1. The maximum absolute atomic E-state index is 10.5. The van der Waals surface area contributed by atoms with E-state index in [0.29, 0.717) is 11.4 Å². The predicted molar refractivity (Wildman–Crippen MR) is 66.6 cm³/mol. The van der Waals surface area contributed by atoms with Gasteiger partial charge < -0.3 is 10.5 Å². The number of nitro benzene ring substituents is 1. The fourth-order valence-electron chi connectivity index (χ4n) is 1.41. The molecule has 6 heteroatoms. The number of aryl methyl sites for hydroxylation is 1. The van der Waals surface area contributed by atoms with Gasteiger partial charge in [-0.05, 0) is 30.7 Å². The molecular formula is C12H11N3O3. The minimum absolute atomic E-state index is 0.00665. The zero-order valence-electron chi connectivity index (χ0n) is 9.66. The second kappa shape index (κ2) is 4.70. The molecule has 0 spiro atoms. The van der Waals surface area contributed by atoms with Gasteiger partial charge in [0.1, 0.15) is 5.75 Å². The SMILES string of the molecule is Cc1cnc(Oc2ccc([N+](=O)[O-])cc2)c(N)c1. The smallest absolute Gasteiger partial charge is 0.269 e. The Balaban J connectivity index is 2.21. The van der Waals surface area contributed by atoms with Crippen LogP contribution in [-0.2, 0) is 0 Å². The third kappa shape index (κ3) is 2.54. The van der Waals surface area contributed by atoms with Gasteiger partial charge in [-0.1, -0.05) is 0 Å². The maximum Gasteiger partial charge on any atom is 0.269 e. The van der Waals surface area contributed by atoms with E-state index in [2.05, 4.69) is 4.98 Å². The molecule has 2 aromatic rings. The first-order valence-electron chi connectivity index (χ1n) is 5.20. The summed E-state index contributed by atoms with van der Waals surface area (Å²) in [7, 11) is 0. The Morgan fingerprint density at radius 3 is 2.56 bits per heavy atom. The van der Waals surface area contributed by atoms with Crippen LogP contribution in [0.1, 0.15) is 5.56 Å². The van der Waals surface area contributed by atoms with Crippen LogP contribution in [0.4, 0.5) is 11.4 Å². The lowest BCUT2D eigenvalue weighted by atomic mass is 10.3. The molecule has 0 unspecified atom stereocenters. The van der Waals surface area contributed by atoms with E-state index in [0.717, 1.165) is 5.56 Å². The Labute approximate surface area is 103 Å². The molecule has 1 aromatic heterocycles. The lowest BCUT2D eigenvalue weighted by Crippen LogP contribution is -1.96. The summed E-state index contributed by atoms with van der Waals surface area (Å²) >= 11 is 0. The molecule has 92 valence electrons. The Hall–Kier alpha value is -2.63. The van der Waals surface area contributed by atoms with Crippen LogP contribution in [0.3, 0.4) is 0 Å². The van der Waals surface area contributed by atoms with Crippen LogP contribution in [0.2, 0.25) is 0 Å². The maximum atomic E-state index is 10.5. The molecule has 0 saturated carbocycles. The van der Waals surface area contributed by atoms with Gasteiger partial charge in [0.25, 0.3) is 5.69 Å². The standard InChI is InChI=1S/C12H11N3O3/c1-8-6-11(13)12(14-7-8)18-10-4-2-9(3-5-10)15(16)17/h2-7H,13H2,1H3. The van der Waals surface area contributed by atoms with Crippen LogP contribution in [0.5, 0.6) is 11.6 Å². The molecule has 1 heterocycles. The van der Waals surface area contributed by atoms with Crippen LogP contribution in [0.25, 0.3) is 0 Å². The highest BCUT2D eigenvalue weighted by Crippen LogP contribution is 2.26. The van der Waals surface area contributed by atoms with Gasteiger partial charge in [0, 0.05) is 18.3 Å². The lowest BCUT2D eigenvalue weighted by molar-refractivity contribution is -0.384. The van der Waals surface area contributed by atoms with Gasteiger partial charge in [0.2, 0.25) is 5.88 Å². The second-order valence-corrected chi connectivity index (χ2v) is 3.76. The summed E-state index contributed by atoms with van der Waals surface area (Å²) in [6.45, 7) is 1.87. The van der Waals surface area contributed by atoms with E-state index >= 15 is 0 Å². The Morgan fingerprint density at radius 2 is 2.00 bits per heavy atom.